The van der Waals surface area contributed by atoms with Crippen LogP contribution < -0.4 is 9.47 Å². The van der Waals surface area contributed by atoms with E-state index >= 15 is 0 Å². The fourth-order valence-electron chi connectivity index (χ4n) is 3.33. The number of rotatable bonds is 7. The lowest BCUT2D eigenvalue weighted by Gasteiger charge is -2.19. The number of hydrogen-bond donors (Lipinski definition) is 1. The maximum Gasteiger partial charge on any atom is 0.231 e. The lowest BCUT2D eigenvalue weighted by Crippen LogP contribution is -2.17. The van der Waals surface area contributed by atoms with Crippen LogP contribution in [-0.4, -0.2) is 25.1 Å². The number of aliphatic hydroxyl groups excluding tert-OH is 1. The quantitative estimate of drug-likeness (QED) is 0.613. The molecule has 0 unspecified atom stereocenters. The third-order valence-electron chi connectivity index (χ3n) is 4.70. The van der Waals surface area contributed by atoms with Crippen molar-refractivity contribution in [3.63, 3.8) is 0 Å². The molecule has 2 aliphatic heterocycles. The van der Waals surface area contributed by atoms with Crippen molar-refractivity contribution in [3.8, 4) is 11.5 Å². The molecule has 0 amide bonds. The molecule has 1 fully saturated rings. The SMILES string of the molecule is CCCCC/C=C/[C@H]1CO[C@H](c2ccc3c(c2)OCO3)[C@@H]1CO. The molecule has 1 N–H and O–H groups in total. The first-order chi connectivity index (χ1) is 11.3. The largest absolute Gasteiger partial charge is 0.454 e. The van der Waals surface area contributed by atoms with E-state index in [4.69, 9.17) is 14.2 Å². The molecule has 23 heavy (non-hydrogen) atoms. The standard InChI is InChI=1S/C19H26O4/c1-2-3-4-5-6-7-15-12-21-19(16(15)11-20)14-8-9-17-18(10-14)23-13-22-17/h6-10,15-16,19-20H,2-5,11-13H2,1H3/b7-6+/t15-,16+,19+/m0/s1. The Kier molecular flexibility index (Phi) is 5.57. The van der Waals surface area contributed by atoms with Gasteiger partial charge in [0.25, 0.3) is 0 Å². The Morgan fingerprint density at radius 3 is 2.91 bits per heavy atom. The van der Waals surface area contributed by atoms with Gasteiger partial charge in [-0.15, -0.1) is 0 Å². The molecule has 0 radical (unpaired) electrons. The maximum absolute atomic E-state index is 9.83. The van der Waals surface area contributed by atoms with Crippen LogP contribution in [0.25, 0.3) is 0 Å². The second kappa shape index (κ2) is 7.84. The van der Waals surface area contributed by atoms with E-state index in [9.17, 15) is 5.11 Å². The first kappa shape index (κ1) is 16.3. The molecular weight excluding hydrogens is 292 g/mol. The van der Waals surface area contributed by atoms with Crippen molar-refractivity contribution < 1.29 is 19.3 Å². The molecule has 126 valence electrons. The first-order valence-electron chi connectivity index (χ1n) is 8.62. The molecule has 0 saturated carbocycles. The highest BCUT2D eigenvalue weighted by Gasteiger charge is 2.36. The normalized spacial score (nSPS) is 26.3. The van der Waals surface area contributed by atoms with Gasteiger partial charge >= 0.3 is 0 Å². The second-order valence-electron chi connectivity index (χ2n) is 6.30. The zero-order valence-corrected chi connectivity index (χ0v) is 13.7. The van der Waals surface area contributed by atoms with Crippen LogP contribution in [-0.2, 0) is 4.74 Å². The number of hydrogen-bond acceptors (Lipinski definition) is 4. The Morgan fingerprint density at radius 1 is 1.22 bits per heavy atom. The van der Waals surface area contributed by atoms with Gasteiger partial charge in [-0.2, -0.15) is 0 Å². The van der Waals surface area contributed by atoms with Crippen molar-refractivity contribution in [2.75, 3.05) is 20.0 Å². The summed E-state index contributed by atoms with van der Waals surface area (Å²) in [5, 5.41) is 9.83. The predicted molar refractivity (Wildman–Crippen MR) is 88.6 cm³/mol. The smallest absolute Gasteiger partial charge is 0.231 e. The van der Waals surface area contributed by atoms with Crippen LogP contribution in [0.3, 0.4) is 0 Å². The Labute approximate surface area is 138 Å². The van der Waals surface area contributed by atoms with E-state index in [1.165, 1.54) is 19.3 Å². The minimum absolute atomic E-state index is 0.0835. The van der Waals surface area contributed by atoms with Gasteiger partial charge in [-0.1, -0.05) is 38.0 Å². The molecule has 0 aliphatic carbocycles. The van der Waals surface area contributed by atoms with E-state index in [1.54, 1.807) is 0 Å². The van der Waals surface area contributed by atoms with E-state index in [0.29, 0.717) is 6.61 Å². The summed E-state index contributed by atoms with van der Waals surface area (Å²) in [6, 6.07) is 5.90. The van der Waals surface area contributed by atoms with Gasteiger partial charge in [-0.05, 0) is 30.5 Å². The van der Waals surface area contributed by atoms with E-state index in [1.807, 2.05) is 18.2 Å². The Balaban J connectivity index is 1.64. The topological polar surface area (TPSA) is 47.9 Å². The molecule has 3 atom stereocenters. The highest BCUT2D eigenvalue weighted by Crippen LogP contribution is 2.42. The second-order valence-corrected chi connectivity index (χ2v) is 6.30. The van der Waals surface area contributed by atoms with Gasteiger partial charge in [-0.3, -0.25) is 0 Å². The summed E-state index contributed by atoms with van der Waals surface area (Å²) in [6.45, 7) is 3.28. The number of benzene rings is 1. The average molecular weight is 318 g/mol. The molecule has 4 heteroatoms. The summed E-state index contributed by atoms with van der Waals surface area (Å²) in [5.41, 5.74) is 1.05. The fraction of sp³-hybridized carbons (Fsp3) is 0.579. The van der Waals surface area contributed by atoms with Crippen LogP contribution in [0, 0.1) is 11.8 Å². The molecule has 0 bridgehead atoms. The van der Waals surface area contributed by atoms with Crippen molar-refractivity contribution >= 4 is 0 Å². The van der Waals surface area contributed by atoms with Gasteiger partial charge in [0.15, 0.2) is 11.5 Å². The zero-order valence-electron chi connectivity index (χ0n) is 13.7. The first-order valence-corrected chi connectivity index (χ1v) is 8.62. The number of allylic oxidation sites excluding steroid dienone is 1. The van der Waals surface area contributed by atoms with Crippen molar-refractivity contribution in [2.45, 2.75) is 38.7 Å². The maximum atomic E-state index is 9.83. The third kappa shape index (κ3) is 3.70. The number of unbranched alkanes of at least 4 members (excludes halogenated alkanes) is 3. The Bertz CT molecular complexity index is 540. The van der Waals surface area contributed by atoms with Gasteiger partial charge in [0.1, 0.15) is 0 Å². The van der Waals surface area contributed by atoms with Crippen LogP contribution in [0.2, 0.25) is 0 Å². The minimum Gasteiger partial charge on any atom is -0.454 e. The van der Waals surface area contributed by atoms with Gasteiger partial charge < -0.3 is 19.3 Å². The highest BCUT2D eigenvalue weighted by molar-refractivity contribution is 5.45. The van der Waals surface area contributed by atoms with Gasteiger partial charge in [0, 0.05) is 18.4 Å². The van der Waals surface area contributed by atoms with Crippen LogP contribution in [0.5, 0.6) is 11.5 Å². The molecular formula is C19H26O4. The Hall–Kier alpha value is -1.52. The lowest BCUT2D eigenvalue weighted by atomic mass is 9.87. The number of aliphatic hydroxyl groups is 1. The van der Waals surface area contributed by atoms with Crippen LogP contribution in [0.1, 0.15) is 44.3 Å². The molecule has 3 rings (SSSR count). The summed E-state index contributed by atoms with van der Waals surface area (Å²) in [5.74, 6) is 1.91. The summed E-state index contributed by atoms with van der Waals surface area (Å²) in [6.07, 6.45) is 9.24. The average Bonchev–Trinajstić information content (AvgIpc) is 3.20. The highest BCUT2D eigenvalue weighted by atomic mass is 16.7. The predicted octanol–water partition coefficient (Wildman–Crippen LogP) is 3.85. The summed E-state index contributed by atoms with van der Waals surface area (Å²) in [4.78, 5) is 0. The number of ether oxygens (including phenoxy) is 3. The minimum atomic E-state index is -0.0835. The molecule has 2 aliphatic rings. The molecule has 4 nitrogen and oxygen atoms in total. The molecule has 0 spiro atoms. The fourth-order valence-corrected chi connectivity index (χ4v) is 3.33. The van der Waals surface area contributed by atoms with Gasteiger partial charge in [0.05, 0.1) is 12.7 Å². The molecule has 2 heterocycles. The summed E-state index contributed by atoms with van der Waals surface area (Å²) in [7, 11) is 0. The van der Waals surface area contributed by atoms with Gasteiger partial charge in [-0.25, -0.2) is 0 Å². The van der Waals surface area contributed by atoms with E-state index in [2.05, 4.69) is 19.1 Å². The lowest BCUT2D eigenvalue weighted by molar-refractivity contribution is 0.0718. The number of fused-ring (bicyclic) bond motifs is 1. The Morgan fingerprint density at radius 2 is 2.09 bits per heavy atom. The summed E-state index contributed by atoms with van der Waals surface area (Å²) < 4.78 is 16.8. The summed E-state index contributed by atoms with van der Waals surface area (Å²) >= 11 is 0. The van der Waals surface area contributed by atoms with Crippen LogP contribution in [0.15, 0.2) is 30.4 Å². The van der Waals surface area contributed by atoms with E-state index < -0.39 is 0 Å². The molecule has 1 saturated heterocycles. The molecule has 0 aromatic heterocycles. The van der Waals surface area contributed by atoms with E-state index in [0.717, 1.165) is 23.5 Å². The molecule has 1 aromatic carbocycles. The van der Waals surface area contributed by atoms with Crippen LogP contribution >= 0.6 is 0 Å². The van der Waals surface area contributed by atoms with Crippen LogP contribution in [0.4, 0.5) is 0 Å². The monoisotopic (exact) mass is 318 g/mol. The van der Waals surface area contributed by atoms with E-state index in [-0.39, 0.29) is 31.3 Å². The van der Waals surface area contributed by atoms with Crippen molar-refractivity contribution in [1.82, 2.24) is 0 Å². The molecule has 1 aromatic rings. The zero-order chi connectivity index (χ0) is 16.1. The third-order valence-corrected chi connectivity index (χ3v) is 4.70. The van der Waals surface area contributed by atoms with Crippen molar-refractivity contribution in [1.29, 1.82) is 0 Å². The van der Waals surface area contributed by atoms with Gasteiger partial charge in [0.2, 0.25) is 6.79 Å². The van der Waals surface area contributed by atoms with Crippen molar-refractivity contribution in [3.05, 3.63) is 35.9 Å². The van der Waals surface area contributed by atoms with Crippen molar-refractivity contribution in [2.24, 2.45) is 11.8 Å².